The number of hydrogen-bond acceptors (Lipinski definition) is 5. The van der Waals surface area contributed by atoms with Crippen molar-refractivity contribution in [3.8, 4) is 0 Å². The highest BCUT2D eigenvalue weighted by molar-refractivity contribution is 5.21. The fourth-order valence-electron chi connectivity index (χ4n) is 1.74. The first-order valence-corrected chi connectivity index (χ1v) is 6.30. The Morgan fingerprint density at radius 1 is 1.47 bits per heavy atom. The first-order valence-electron chi connectivity index (χ1n) is 6.30. The lowest BCUT2D eigenvalue weighted by Gasteiger charge is -2.34. The van der Waals surface area contributed by atoms with Gasteiger partial charge in [-0.15, -0.1) is 0 Å². The van der Waals surface area contributed by atoms with Crippen LogP contribution < -0.4 is 0 Å². The van der Waals surface area contributed by atoms with Crippen LogP contribution in [0.1, 0.15) is 13.8 Å². The van der Waals surface area contributed by atoms with Gasteiger partial charge in [-0.1, -0.05) is 29.9 Å². The van der Waals surface area contributed by atoms with E-state index in [1.165, 1.54) is 0 Å². The van der Waals surface area contributed by atoms with Crippen LogP contribution in [0.4, 0.5) is 0 Å². The summed E-state index contributed by atoms with van der Waals surface area (Å²) < 4.78 is 10.6. The van der Waals surface area contributed by atoms with Gasteiger partial charge in [0.2, 0.25) is 0 Å². The maximum atomic E-state index is 9.61. The fourth-order valence-corrected chi connectivity index (χ4v) is 1.74. The smallest absolute Gasteiger partial charge is 0.177 e. The van der Waals surface area contributed by atoms with Gasteiger partial charge < -0.3 is 24.8 Å². The van der Waals surface area contributed by atoms with Crippen molar-refractivity contribution in [2.45, 2.75) is 38.4 Å². The first-order chi connectivity index (χ1) is 9.08. The summed E-state index contributed by atoms with van der Waals surface area (Å²) >= 11 is 0. The molecule has 1 rings (SSSR count). The third-order valence-corrected chi connectivity index (χ3v) is 2.72. The summed E-state index contributed by atoms with van der Waals surface area (Å²) in [6.07, 6.45) is 5.76. The van der Waals surface area contributed by atoms with E-state index in [4.69, 9.17) is 14.6 Å². The van der Waals surface area contributed by atoms with Crippen molar-refractivity contribution < 1.29 is 24.8 Å². The molecule has 1 fully saturated rings. The minimum Gasteiger partial charge on any atom is -0.394 e. The van der Waals surface area contributed by atoms with Crippen molar-refractivity contribution in [1.29, 1.82) is 0 Å². The van der Waals surface area contributed by atoms with Gasteiger partial charge >= 0.3 is 0 Å². The molecule has 0 bridgehead atoms. The van der Waals surface area contributed by atoms with Gasteiger partial charge in [0.1, 0.15) is 18.3 Å². The Labute approximate surface area is 113 Å². The monoisotopic (exact) mass is 270 g/mol. The van der Waals surface area contributed by atoms with Gasteiger partial charge in [0.05, 0.1) is 13.2 Å². The van der Waals surface area contributed by atoms with Crippen LogP contribution in [-0.4, -0.2) is 53.1 Å². The largest absolute Gasteiger partial charge is 0.394 e. The van der Waals surface area contributed by atoms with Crippen molar-refractivity contribution in [3.05, 3.63) is 36.0 Å². The number of allylic oxidation sites excluding steroid dienone is 5. The molecule has 0 aromatic heterocycles. The molecule has 1 aliphatic rings. The second kappa shape index (κ2) is 8.24. The third kappa shape index (κ3) is 5.26. The van der Waals surface area contributed by atoms with Gasteiger partial charge in [0, 0.05) is 0 Å². The van der Waals surface area contributed by atoms with Crippen LogP contribution in [0.3, 0.4) is 0 Å². The van der Waals surface area contributed by atoms with Crippen LogP contribution in [0.2, 0.25) is 0 Å². The minimum absolute atomic E-state index is 0.0638. The number of ether oxygens (including phenoxy) is 2. The maximum Gasteiger partial charge on any atom is 0.177 e. The third-order valence-electron chi connectivity index (χ3n) is 2.72. The summed E-state index contributed by atoms with van der Waals surface area (Å²) in [6, 6.07) is 0. The fraction of sp³-hybridized carbons (Fsp3) is 0.571. The number of hydrogen-bond donors (Lipinski definition) is 3. The van der Waals surface area contributed by atoms with Crippen molar-refractivity contribution in [2.75, 3.05) is 13.2 Å². The number of rotatable bonds is 5. The molecule has 0 aliphatic carbocycles. The average Bonchev–Trinajstić information content (AvgIpc) is 2.40. The van der Waals surface area contributed by atoms with Crippen LogP contribution >= 0.6 is 0 Å². The molecule has 0 amide bonds. The van der Waals surface area contributed by atoms with E-state index < -0.39 is 31.2 Å². The predicted octanol–water partition coefficient (Wildman–Crippen LogP) is 0.521. The second-order valence-electron chi connectivity index (χ2n) is 4.42. The highest BCUT2D eigenvalue weighted by Gasteiger charge is 2.34. The van der Waals surface area contributed by atoms with Crippen molar-refractivity contribution in [1.82, 2.24) is 0 Å². The van der Waals surface area contributed by atoms with Gasteiger partial charge in [-0.3, -0.25) is 0 Å². The van der Waals surface area contributed by atoms with E-state index in [-0.39, 0.29) is 6.61 Å². The van der Waals surface area contributed by atoms with Crippen LogP contribution in [0.15, 0.2) is 36.0 Å². The minimum atomic E-state index is -1.12. The van der Waals surface area contributed by atoms with E-state index in [9.17, 15) is 10.2 Å². The first kappa shape index (κ1) is 16.1. The normalized spacial score (nSPS) is 31.2. The summed E-state index contributed by atoms with van der Waals surface area (Å²) in [4.78, 5) is 0. The van der Waals surface area contributed by atoms with Gasteiger partial charge in [-0.2, -0.15) is 0 Å². The molecule has 1 heterocycles. The molecule has 4 unspecified atom stereocenters. The molecule has 5 nitrogen and oxygen atoms in total. The summed E-state index contributed by atoms with van der Waals surface area (Å²) in [7, 11) is 0. The topological polar surface area (TPSA) is 79.2 Å². The molecule has 0 spiro atoms. The zero-order valence-corrected chi connectivity index (χ0v) is 11.3. The zero-order valence-electron chi connectivity index (χ0n) is 11.3. The lowest BCUT2D eigenvalue weighted by atomic mass is 10.1. The summed E-state index contributed by atoms with van der Waals surface area (Å²) in [5.74, 6) is 0. The molecule has 1 saturated heterocycles. The Morgan fingerprint density at radius 2 is 2.21 bits per heavy atom. The van der Waals surface area contributed by atoms with Crippen molar-refractivity contribution >= 4 is 0 Å². The van der Waals surface area contributed by atoms with E-state index in [2.05, 4.69) is 0 Å². The van der Waals surface area contributed by atoms with Gasteiger partial charge in [0.25, 0.3) is 0 Å². The Bertz CT molecular complexity index is 344. The summed E-state index contributed by atoms with van der Waals surface area (Å²) in [5, 5.41) is 28.0. The molecule has 0 radical (unpaired) electrons. The Balaban J connectivity index is 2.56. The van der Waals surface area contributed by atoms with E-state index in [1.54, 1.807) is 12.2 Å². The predicted molar refractivity (Wildman–Crippen MR) is 71.4 cm³/mol. The van der Waals surface area contributed by atoms with E-state index >= 15 is 0 Å². The van der Waals surface area contributed by atoms with E-state index in [0.29, 0.717) is 0 Å². The van der Waals surface area contributed by atoms with Crippen LogP contribution in [0.25, 0.3) is 0 Å². The Morgan fingerprint density at radius 3 is 2.84 bits per heavy atom. The molecule has 5 heteroatoms. The molecule has 108 valence electrons. The lowest BCUT2D eigenvalue weighted by molar-refractivity contribution is -0.255. The zero-order chi connectivity index (χ0) is 14.3. The van der Waals surface area contributed by atoms with E-state index in [0.717, 1.165) is 5.57 Å². The molecule has 19 heavy (non-hydrogen) atoms. The molecule has 3 N–H and O–H groups in total. The SMILES string of the molecule is C\C=C/C(C)=C\C=C\C1OCC(O)C(C(O)CO)O1. The molecule has 1 aliphatic heterocycles. The highest BCUT2D eigenvalue weighted by Crippen LogP contribution is 2.17. The van der Waals surface area contributed by atoms with E-state index in [1.807, 2.05) is 32.1 Å². The molecule has 0 saturated carbocycles. The quantitative estimate of drug-likeness (QED) is 0.635. The van der Waals surface area contributed by atoms with Gasteiger partial charge in [-0.05, 0) is 19.9 Å². The lowest BCUT2D eigenvalue weighted by Crippen LogP contribution is -2.50. The van der Waals surface area contributed by atoms with Gasteiger partial charge in [0.15, 0.2) is 6.29 Å². The second-order valence-corrected chi connectivity index (χ2v) is 4.42. The number of aliphatic hydroxyl groups excluding tert-OH is 3. The number of aliphatic hydroxyl groups is 3. The average molecular weight is 270 g/mol. The Kier molecular flexibility index (Phi) is 6.97. The molecule has 0 aromatic carbocycles. The standard InChI is InChI=1S/C14H22O5/c1-3-5-10(2)6-4-7-13-18-9-12(17)14(19-13)11(16)8-15/h3-7,11-17H,8-9H2,1-2H3/b5-3-,7-4+,10-6-. The Hall–Kier alpha value is -0.980. The van der Waals surface area contributed by atoms with Crippen molar-refractivity contribution in [3.63, 3.8) is 0 Å². The molecule has 4 atom stereocenters. The van der Waals surface area contributed by atoms with Crippen molar-refractivity contribution in [2.24, 2.45) is 0 Å². The van der Waals surface area contributed by atoms with Gasteiger partial charge in [-0.25, -0.2) is 0 Å². The molecular formula is C14H22O5. The summed E-state index contributed by atoms with van der Waals surface area (Å²) in [5.41, 5.74) is 1.08. The van der Waals surface area contributed by atoms with Crippen LogP contribution in [0.5, 0.6) is 0 Å². The highest BCUT2D eigenvalue weighted by atomic mass is 16.7. The molecule has 0 aromatic rings. The summed E-state index contributed by atoms with van der Waals surface area (Å²) in [6.45, 7) is 3.51. The molecular weight excluding hydrogens is 248 g/mol. The van der Waals surface area contributed by atoms with Crippen LogP contribution in [-0.2, 0) is 9.47 Å². The van der Waals surface area contributed by atoms with Crippen LogP contribution in [0, 0.1) is 0 Å². The maximum absolute atomic E-state index is 9.61.